The van der Waals surface area contributed by atoms with Crippen LogP contribution in [-0.2, 0) is 0 Å². The van der Waals surface area contributed by atoms with Gasteiger partial charge >= 0.3 is 18.7 Å². The lowest BCUT2D eigenvalue weighted by Crippen LogP contribution is -2.45. The molecule has 0 heterocycles. The molecular weight excluding hydrogens is 283 g/mol. The first-order valence-electron chi connectivity index (χ1n) is 4.80. The van der Waals surface area contributed by atoms with Crippen LogP contribution in [0, 0.1) is 0 Å². The van der Waals surface area contributed by atoms with Crippen LogP contribution in [0.4, 0.5) is 30.7 Å². The van der Waals surface area contributed by atoms with Gasteiger partial charge < -0.3 is 10.5 Å². The molecule has 0 saturated carbocycles. The molecular formula is C10H8F7NO. The van der Waals surface area contributed by atoms with Gasteiger partial charge in [0.1, 0.15) is 11.8 Å². The van der Waals surface area contributed by atoms with Crippen LogP contribution >= 0.6 is 0 Å². The van der Waals surface area contributed by atoms with Gasteiger partial charge in [-0.1, -0.05) is 12.1 Å². The summed E-state index contributed by atoms with van der Waals surface area (Å²) in [6.07, 6.45) is -5.84. The predicted octanol–water partition coefficient (Wildman–Crippen LogP) is 3.49. The second-order valence-electron chi connectivity index (χ2n) is 3.55. The molecule has 0 aliphatic rings. The summed E-state index contributed by atoms with van der Waals surface area (Å²) in [5.74, 6) is -5.74. The minimum absolute atomic E-state index is 0.555. The van der Waals surface area contributed by atoms with Crippen LogP contribution < -0.4 is 10.5 Å². The average Bonchev–Trinajstić information content (AvgIpc) is 2.25. The highest BCUT2D eigenvalue weighted by Gasteiger charge is 2.61. The fraction of sp³-hybridized carbons (Fsp3) is 0.400. The van der Waals surface area contributed by atoms with E-state index in [-0.39, 0.29) is 0 Å². The number of hydrogen-bond donors (Lipinski definition) is 1. The third kappa shape index (κ3) is 3.49. The zero-order chi connectivity index (χ0) is 14.8. The van der Waals surface area contributed by atoms with Gasteiger partial charge in [-0.3, -0.25) is 0 Å². The minimum Gasteiger partial charge on any atom is -0.435 e. The molecule has 2 N–H and O–H groups in total. The molecule has 9 heteroatoms. The summed E-state index contributed by atoms with van der Waals surface area (Å²) in [7, 11) is 0. The molecule has 1 aromatic rings. The van der Waals surface area contributed by atoms with E-state index in [1.807, 2.05) is 0 Å². The van der Waals surface area contributed by atoms with Crippen LogP contribution in [0.3, 0.4) is 0 Å². The van der Waals surface area contributed by atoms with Crippen molar-refractivity contribution >= 4 is 0 Å². The molecule has 108 valence electrons. The van der Waals surface area contributed by atoms with Crippen molar-refractivity contribution in [2.45, 2.75) is 24.8 Å². The Balaban J connectivity index is 3.03. The fourth-order valence-electron chi connectivity index (χ4n) is 1.27. The van der Waals surface area contributed by atoms with E-state index in [9.17, 15) is 30.7 Å². The molecule has 0 aliphatic heterocycles. The molecule has 0 saturated heterocycles. The average molecular weight is 291 g/mol. The number of nitrogens with two attached hydrogens (primary N) is 1. The molecule has 0 aliphatic carbocycles. The largest absolute Gasteiger partial charge is 0.455 e. The van der Waals surface area contributed by atoms with Gasteiger partial charge in [-0.25, -0.2) is 0 Å². The first kappa shape index (κ1) is 15.5. The molecule has 1 aromatic carbocycles. The Morgan fingerprint density at radius 3 is 2.11 bits per heavy atom. The maximum atomic E-state index is 13.0. The zero-order valence-electron chi connectivity index (χ0n) is 9.10. The van der Waals surface area contributed by atoms with Crippen LogP contribution in [0.5, 0.6) is 5.75 Å². The van der Waals surface area contributed by atoms with Crippen LogP contribution in [0.1, 0.15) is 11.6 Å². The number of alkyl halides is 7. The minimum atomic E-state index is -5.84. The second kappa shape index (κ2) is 5.24. The molecule has 0 radical (unpaired) electrons. The van der Waals surface area contributed by atoms with Crippen molar-refractivity contribution in [1.29, 1.82) is 0 Å². The van der Waals surface area contributed by atoms with E-state index in [0.29, 0.717) is 6.07 Å². The van der Waals surface area contributed by atoms with Crippen molar-refractivity contribution in [3.63, 3.8) is 0 Å². The van der Waals surface area contributed by atoms with Crippen molar-refractivity contribution in [3.05, 3.63) is 29.8 Å². The molecule has 0 bridgehead atoms. The normalized spacial score (nSPS) is 14.6. The van der Waals surface area contributed by atoms with E-state index in [0.717, 1.165) is 18.2 Å². The Morgan fingerprint density at radius 1 is 1.05 bits per heavy atom. The summed E-state index contributed by atoms with van der Waals surface area (Å²) in [6.45, 7) is -3.23. The van der Waals surface area contributed by atoms with Crippen LogP contribution in [0.2, 0.25) is 0 Å². The lowest BCUT2D eigenvalue weighted by Gasteiger charge is -2.26. The standard InChI is InChI=1S/C10H8F7NO/c11-8(12)19-6-3-1-2-5(4-6)7(18)9(13,14)10(15,16)17/h1-4,7-8H,18H2/t7-/m1/s1. The summed E-state index contributed by atoms with van der Waals surface area (Å²) in [5.41, 5.74) is 4.18. The van der Waals surface area contributed by atoms with Crippen molar-refractivity contribution < 1.29 is 35.5 Å². The Kier molecular flexibility index (Phi) is 4.28. The van der Waals surface area contributed by atoms with Gasteiger partial charge in [-0.05, 0) is 17.7 Å². The van der Waals surface area contributed by atoms with E-state index in [1.165, 1.54) is 0 Å². The maximum Gasteiger partial charge on any atom is 0.455 e. The fourth-order valence-corrected chi connectivity index (χ4v) is 1.27. The van der Waals surface area contributed by atoms with Crippen LogP contribution in [0.15, 0.2) is 24.3 Å². The molecule has 19 heavy (non-hydrogen) atoms. The van der Waals surface area contributed by atoms with Gasteiger partial charge in [-0.2, -0.15) is 30.7 Å². The number of rotatable bonds is 4. The Labute approximate surface area is 103 Å². The predicted molar refractivity (Wildman–Crippen MR) is 51.0 cm³/mol. The lowest BCUT2D eigenvalue weighted by atomic mass is 10.0. The Morgan fingerprint density at radius 2 is 1.63 bits per heavy atom. The first-order chi connectivity index (χ1) is 8.55. The third-order valence-electron chi connectivity index (χ3n) is 2.21. The summed E-state index contributed by atoms with van der Waals surface area (Å²) >= 11 is 0. The highest BCUT2D eigenvalue weighted by molar-refractivity contribution is 5.31. The van der Waals surface area contributed by atoms with E-state index < -0.39 is 36.1 Å². The molecule has 1 atom stereocenters. The van der Waals surface area contributed by atoms with E-state index in [4.69, 9.17) is 5.73 Å². The first-order valence-corrected chi connectivity index (χ1v) is 4.80. The van der Waals surface area contributed by atoms with Crippen molar-refractivity contribution in [3.8, 4) is 5.75 Å². The van der Waals surface area contributed by atoms with Crippen molar-refractivity contribution in [2.24, 2.45) is 5.73 Å². The Hall–Kier alpha value is -1.51. The SMILES string of the molecule is N[C@H](c1cccc(OC(F)F)c1)C(F)(F)C(F)(F)F. The van der Waals surface area contributed by atoms with Gasteiger partial charge in [0.05, 0.1) is 0 Å². The topological polar surface area (TPSA) is 35.2 Å². The van der Waals surface area contributed by atoms with Gasteiger partial charge in [0, 0.05) is 0 Å². The quantitative estimate of drug-likeness (QED) is 0.862. The molecule has 0 fully saturated rings. The molecule has 0 unspecified atom stereocenters. The molecule has 0 aromatic heterocycles. The van der Waals surface area contributed by atoms with E-state index in [1.54, 1.807) is 0 Å². The summed E-state index contributed by atoms with van der Waals surface area (Å²) in [6, 6.07) is 0.723. The van der Waals surface area contributed by atoms with E-state index >= 15 is 0 Å². The smallest absolute Gasteiger partial charge is 0.435 e. The molecule has 0 spiro atoms. The number of halogens is 7. The maximum absolute atomic E-state index is 13.0. The summed E-state index contributed by atoms with van der Waals surface area (Å²) < 4.78 is 89.9. The number of hydrogen-bond acceptors (Lipinski definition) is 2. The molecule has 1 rings (SSSR count). The monoisotopic (exact) mass is 291 g/mol. The second-order valence-corrected chi connectivity index (χ2v) is 3.55. The highest BCUT2D eigenvalue weighted by Crippen LogP contribution is 2.43. The van der Waals surface area contributed by atoms with Crippen LogP contribution in [0.25, 0.3) is 0 Å². The highest BCUT2D eigenvalue weighted by atomic mass is 19.4. The van der Waals surface area contributed by atoms with Crippen molar-refractivity contribution in [1.82, 2.24) is 0 Å². The summed E-state index contributed by atoms with van der Waals surface area (Å²) in [4.78, 5) is 0. The lowest BCUT2D eigenvalue weighted by molar-refractivity contribution is -0.291. The molecule has 2 nitrogen and oxygen atoms in total. The Bertz CT molecular complexity index is 432. The number of ether oxygens (including phenoxy) is 1. The third-order valence-corrected chi connectivity index (χ3v) is 2.21. The van der Waals surface area contributed by atoms with E-state index in [2.05, 4.69) is 4.74 Å². The van der Waals surface area contributed by atoms with Gasteiger partial charge in [-0.15, -0.1) is 0 Å². The van der Waals surface area contributed by atoms with Gasteiger partial charge in [0.15, 0.2) is 0 Å². The number of benzene rings is 1. The van der Waals surface area contributed by atoms with Gasteiger partial charge in [0.25, 0.3) is 0 Å². The van der Waals surface area contributed by atoms with Crippen molar-refractivity contribution in [2.75, 3.05) is 0 Å². The van der Waals surface area contributed by atoms with Gasteiger partial charge in [0.2, 0.25) is 0 Å². The molecule has 0 amide bonds. The van der Waals surface area contributed by atoms with Crippen LogP contribution in [-0.4, -0.2) is 18.7 Å². The zero-order valence-corrected chi connectivity index (χ0v) is 9.10. The summed E-state index contributed by atoms with van der Waals surface area (Å²) in [5, 5.41) is 0.